The Bertz CT molecular complexity index is 2120. The van der Waals surface area contributed by atoms with E-state index in [2.05, 4.69) is 88.2 Å². The number of nitrogens with one attached hydrogen (secondary N) is 4. The predicted octanol–water partition coefficient (Wildman–Crippen LogP) is 6.63. The number of rotatable bonds is 13. The molecular weight excluding hydrogens is 737 g/mol. The molecule has 0 radical (unpaired) electrons. The van der Waals surface area contributed by atoms with Gasteiger partial charge in [0.2, 0.25) is 18.2 Å². The largest absolute Gasteiger partial charge is 0.453 e. The van der Waals surface area contributed by atoms with Gasteiger partial charge in [-0.2, -0.15) is 0 Å². The summed E-state index contributed by atoms with van der Waals surface area (Å²) in [6, 6.07) is 15.5. The third kappa shape index (κ3) is 8.05. The fraction of sp³-hybridized carbons (Fsp3) is 0.477. The summed E-state index contributed by atoms with van der Waals surface area (Å²) in [5.74, 6) is 1.93. The highest BCUT2D eigenvalue weighted by Crippen LogP contribution is 2.53. The molecule has 3 saturated heterocycles. The molecule has 306 valence electrons. The van der Waals surface area contributed by atoms with Crippen LogP contribution in [0, 0.1) is 17.8 Å². The Hall–Kier alpha value is -5.31. The van der Waals surface area contributed by atoms with Crippen LogP contribution in [0.25, 0.3) is 34.7 Å². The number of H-pyrrole nitrogens is 2. The molecule has 1 aliphatic carbocycles. The lowest BCUT2D eigenvalue weighted by atomic mass is 10.0. The first-order chi connectivity index (χ1) is 28.0. The smallest absolute Gasteiger partial charge is 0.407 e. The molecule has 2 aromatic heterocycles. The van der Waals surface area contributed by atoms with Crippen LogP contribution in [-0.2, 0) is 23.8 Å². The van der Waals surface area contributed by atoms with Gasteiger partial charge in [0.15, 0.2) is 6.79 Å². The van der Waals surface area contributed by atoms with Gasteiger partial charge in [0, 0.05) is 12.1 Å². The SMILES string of the molecule is COC(=O)N[C@H](C(=O)N1C2CC2C[C@H]1c1ncc(-c2ccc(/C=C/c3ccc(-c4cnc([C@@H]5CCC(C)N5C(=O)[C@@H](NC5OCO5)C(C)C)[nH]4)cc3)cc2)[nH]1)C(C)C. The second kappa shape index (κ2) is 16.5. The number of nitrogens with zero attached hydrogens (tertiary/aromatic N) is 4. The van der Waals surface area contributed by atoms with Crippen molar-refractivity contribution in [1.82, 2.24) is 40.4 Å². The zero-order chi connectivity index (χ0) is 40.7. The summed E-state index contributed by atoms with van der Waals surface area (Å²) in [4.78, 5) is 60.0. The molecule has 4 aromatic rings. The number of piperidine rings is 1. The average Bonchev–Trinajstić information content (AvgIpc) is 3.68. The molecule has 7 atom stereocenters. The van der Waals surface area contributed by atoms with Gasteiger partial charge in [-0.05, 0) is 72.6 Å². The van der Waals surface area contributed by atoms with Crippen molar-refractivity contribution in [2.24, 2.45) is 17.8 Å². The van der Waals surface area contributed by atoms with Crippen molar-refractivity contribution in [2.45, 2.75) is 103 Å². The number of fused-ring (bicyclic) bond motifs is 1. The van der Waals surface area contributed by atoms with Crippen molar-refractivity contribution >= 4 is 30.1 Å². The predicted molar refractivity (Wildman–Crippen MR) is 218 cm³/mol. The van der Waals surface area contributed by atoms with Crippen LogP contribution in [0.15, 0.2) is 60.9 Å². The minimum absolute atomic E-state index is 0.0354. The first-order valence-electron chi connectivity index (χ1n) is 20.5. The van der Waals surface area contributed by atoms with E-state index in [4.69, 9.17) is 24.2 Å². The molecule has 8 rings (SSSR count). The molecule has 0 bridgehead atoms. The summed E-state index contributed by atoms with van der Waals surface area (Å²) in [6.45, 7) is 10.2. The number of likely N-dealkylation sites (tertiary alicyclic amines) is 2. The highest BCUT2D eigenvalue weighted by molar-refractivity contribution is 5.87. The Balaban J connectivity index is 0.890. The molecule has 5 heterocycles. The number of aromatic amines is 2. The number of aromatic nitrogens is 4. The minimum atomic E-state index is -0.668. The molecule has 4 fully saturated rings. The first kappa shape index (κ1) is 39.5. The van der Waals surface area contributed by atoms with Crippen molar-refractivity contribution in [3.05, 3.63) is 83.7 Å². The number of hydrogen-bond acceptors (Lipinski definition) is 9. The normalized spacial score (nSPS) is 24.0. The van der Waals surface area contributed by atoms with Crippen LogP contribution >= 0.6 is 0 Å². The molecule has 3 unspecified atom stereocenters. The number of methoxy groups -OCH3 is 1. The maximum absolute atomic E-state index is 13.8. The zero-order valence-electron chi connectivity index (χ0n) is 34.0. The monoisotopic (exact) mass is 790 g/mol. The van der Waals surface area contributed by atoms with Crippen LogP contribution in [0.5, 0.6) is 0 Å². The van der Waals surface area contributed by atoms with Crippen LogP contribution in [0.2, 0.25) is 0 Å². The first-order valence-corrected chi connectivity index (χ1v) is 20.5. The molecule has 4 aliphatic rings. The highest BCUT2D eigenvalue weighted by atomic mass is 16.9. The number of alkyl carbamates (subject to hydrolysis) is 1. The van der Waals surface area contributed by atoms with Crippen LogP contribution in [0.1, 0.15) is 95.2 Å². The van der Waals surface area contributed by atoms with Crippen LogP contribution < -0.4 is 10.6 Å². The summed E-state index contributed by atoms with van der Waals surface area (Å²) in [5.41, 5.74) is 5.93. The number of imidazole rings is 2. The number of ether oxygens (including phenoxy) is 3. The van der Waals surface area contributed by atoms with Crippen LogP contribution in [0.3, 0.4) is 0 Å². The molecule has 14 heteroatoms. The van der Waals surface area contributed by atoms with Crippen LogP contribution in [0.4, 0.5) is 4.79 Å². The van der Waals surface area contributed by atoms with Crippen molar-refractivity contribution in [3.63, 3.8) is 0 Å². The van der Waals surface area contributed by atoms with Gasteiger partial charge in [-0.25, -0.2) is 14.8 Å². The summed E-state index contributed by atoms with van der Waals surface area (Å²) in [6.07, 6.45) is 10.3. The summed E-state index contributed by atoms with van der Waals surface area (Å²) in [5, 5.41) is 5.95. The minimum Gasteiger partial charge on any atom is -0.453 e. The topological polar surface area (TPSA) is 167 Å². The summed E-state index contributed by atoms with van der Waals surface area (Å²) >= 11 is 0. The second-order valence-electron chi connectivity index (χ2n) is 16.7. The lowest BCUT2D eigenvalue weighted by molar-refractivity contribution is -0.335. The van der Waals surface area contributed by atoms with E-state index in [9.17, 15) is 14.4 Å². The van der Waals surface area contributed by atoms with Gasteiger partial charge in [-0.15, -0.1) is 0 Å². The molecule has 2 aromatic carbocycles. The number of hydrogen-bond donors (Lipinski definition) is 4. The highest BCUT2D eigenvalue weighted by Gasteiger charge is 2.56. The van der Waals surface area contributed by atoms with Gasteiger partial charge in [0.25, 0.3) is 0 Å². The lowest BCUT2D eigenvalue weighted by Gasteiger charge is -2.37. The van der Waals surface area contributed by atoms with E-state index in [0.29, 0.717) is 5.92 Å². The van der Waals surface area contributed by atoms with E-state index in [1.807, 2.05) is 49.9 Å². The quantitative estimate of drug-likeness (QED) is 0.109. The van der Waals surface area contributed by atoms with Crippen molar-refractivity contribution in [1.29, 1.82) is 0 Å². The Morgan fingerprint density at radius 2 is 1.33 bits per heavy atom. The van der Waals surface area contributed by atoms with Gasteiger partial charge >= 0.3 is 6.09 Å². The number of benzene rings is 2. The molecule has 3 aliphatic heterocycles. The maximum Gasteiger partial charge on any atom is 0.407 e. The standard InChI is InChI=1S/C44H54N8O6/c1-24(2)37(49-43(55)56-6)42(54)52-35-19-31(35)20-36(52)40-46-22-33(48-40)30-16-12-28(13-17-30)9-8-27-10-14-29(15-11-27)32-21-45-39(47-32)34-18-7-26(5)51(34)41(53)38(25(3)4)50-44-57-23-58-44/h8-17,21-22,24-26,31,34-38,44,50H,7,18-20,23H2,1-6H3,(H,45,47)(H,46,48)(H,49,55)/b9-8+/t26?,31?,34-,35?,36-,37-,38-/m0/s1. The number of amides is 3. The zero-order valence-corrected chi connectivity index (χ0v) is 34.0. The number of carbonyl (C=O) groups is 3. The average molecular weight is 791 g/mol. The fourth-order valence-corrected chi connectivity index (χ4v) is 8.63. The van der Waals surface area contributed by atoms with Crippen molar-refractivity contribution < 1.29 is 28.6 Å². The van der Waals surface area contributed by atoms with E-state index in [-0.39, 0.29) is 54.6 Å². The van der Waals surface area contributed by atoms with Crippen molar-refractivity contribution in [3.8, 4) is 22.5 Å². The molecule has 0 spiro atoms. The molecular formula is C44H54N8O6. The third-order valence-electron chi connectivity index (χ3n) is 12.1. The van der Waals surface area contributed by atoms with Gasteiger partial charge in [0.05, 0.1) is 49.0 Å². The van der Waals surface area contributed by atoms with E-state index in [1.165, 1.54) is 7.11 Å². The molecule has 14 nitrogen and oxygen atoms in total. The fourth-order valence-electron chi connectivity index (χ4n) is 8.63. The summed E-state index contributed by atoms with van der Waals surface area (Å²) < 4.78 is 15.5. The van der Waals surface area contributed by atoms with Crippen LogP contribution in [-0.4, -0.2) is 92.1 Å². The van der Waals surface area contributed by atoms with E-state index in [0.717, 1.165) is 71.0 Å². The lowest BCUT2D eigenvalue weighted by Crippen LogP contribution is -2.57. The van der Waals surface area contributed by atoms with Gasteiger partial charge in [-0.3, -0.25) is 14.9 Å². The maximum atomic E-state index is 13.8. The van der Waals surface area contributed by atoms with E-state index < -0.39 is 24.6 Å². The Kier molecular flexibility index (Phi) is 11.2. The van der Waals surface area contributed by atoms with Gasteiger partial charge in [0.1, 0.15) is 17.7 Å². The Morgan fingerprint density at radius 3 is 1.84 bits per heavy atom. The molecule has 4 N–H and O–H groups in total. The second-order valence-corrected chi connectivity index (χ2v) is 16.7. The summed E-state index contributed by atoms with van der Waals surface area (Å²) in [7, 11) is 1.30. The van der Waals surface area contributed by atoms with Gasteiger partial charge in [-0.1, -0.05) is 88.4 Å². The molecule has 3 amide bonds. The van der Waals surface area contributed by atoms with Gasteiger partial charge < -0.3 is 39.3 Å². The Morgan fingerprint density at radius 1 is 0.776 bits per heavy atom. The van der Waals surface area contributed by atoms with E-state index in [1.54, 1.807) is 0 Å². The van der Waals surface area contributed by atoms with Crippen molar-refractivity contribution in [2.75, 3.05) is 13.9 Å². The molecule has 58 heavy (non-hydrogen) atoms. The third-order valence-corrected chi connectivity index (χ3v) is 12.1. The molecule has 1 saturated carbocycles. The Labute approximate surface area is 339 Å². The number of carbonyl (C=O) groups excluding carboxylic acids is 3. The van der Waals surface area contributed by atoms with E-state index >= 15 is 0 Å².